The third kappa shape index (κ3) is 4.59. The second-order valence-corrected chi connectivity index (χ2v) is 7.84. The van der Waals surface area contributed by atoms with Gasteiger partial charge in [0, 0.05) is 34.8 Å². The van der Waals surface area contributed by atoms with Crippen molar-refractivity contribution >= 4 is 17.5 Å². The number of Topliss-reactive ketones (excluding diaryl/α,β-unsaturated/α-hetero) is 1. The minimum absolute atomic E-state index is 0.0707. The van der Waals surface area contributed by atoms with Crippen LogP contribution in [0.25, 0.3) is 5.69 Å². The summed E-state index contributed by atoms with van der Waals surface area (Å²) in [7, 11) is 0. The molecule has 0 unspecified atom stereocenters. The number of thioether (sulfide) groups is 1. The number of rotatable bonds is 7. The van der Waals surface area contributed by atoms with E-state index in [1.54, 1.807) is 43.3 Å². The van der Waals surface area contributed by atoms with E-state index >= 15 is 0 Å². The van der Waals surface area contributed by atoms with E-state index in [-0.39, 0.29) is 11.5 Å². The Kier molecular flexibility index (Phi) is 6.22. The van der Waals surface area contributed by atoms with Crippen molar-refractivity contribution in [2.75, 3.05) is 0 Å². The fourth-order valence-electron chi connectivity index (χ4n) is 3.14. The predicted molar refractivity (Wildman–Crippen MR) is 107 cm³/mol. The lowest BCUT2D eigenvalue weighted by atomic mass is 10.1. The number of hydrogen-bond acceptors (Lipinski definition) is 4. The molecule has 3 rings (SSSR count). The van der Waals surface area contributed by atoms with E-state index in [0.29, 0.717) is 10.6 Å². The highest BCUT2D eigenvalue weighted by Crippen LogP contribution is 2.28. The first kappa shape index (κ1) is 20.9. The average molecular weight is 418 g/mol. The Labute approximate surface area is 171 Å². The summed E-state index contributed by atoms with van der Waals surface area (Å²) >= 11 is 1.20. The Morgan fingerprint density at radius 2 is 1.86 bits per heavy atom. The molecule has 3 aromatic rings. The van der Waals surface area contributed by atoms with Gasteiger partial charge in [0.2, 0.25) is 0 Å². The molecule has 0 aliphatic rings. The fraction of sp³-hybridized carbons (Fsp3) is 0.238. The molecule has 0 radical (unpaired) electrons. The minimum atomic E-state index is -2.88. The molecule has 0 fully saturated rings. The molecule has 8 heteroatoms. The maximum atomic E-state index is 13.0. The van der Waals surface area contributed by atoms with Crippen molar-refractivity contribution in [2.24, 2.45) is 0 Å². The molecule has 0 amide bonds. The summed E-state index contributed by atoms with van der Waals surface area (Å²) in [6, 6.07) is 13.1. The summed E-state index contributed by atoms with van der Waals surface area (Å²) in [4.78, 5) is 13.0. The molecule has 0 bridgehead atoms. The smallest absolute Gasteiger partial charge is 0.387 e. The van der Waals surface area contributed by atoms with Gasteiger partial charge < -0.3 is 14.5 Å². The van der Waals surface area contributed by atoms with Crippen LogP contribution in [0.4, 0.5) is 8.78 Å². The number of aromatic nitrogens is 2. The molecule has 0 saturated carbocycles. The lowest BCUT2D eigenvalue weighted by molar-refractivity contribution is -0.645. The zero-order valence-electron chi connectivity index (χ0n) is 16.1. The number of ether oxygens (including phenoxy) is 1. The molecule has 152 valence electrons. The third-order valence-corrected chi connectivity index (χ3v) is 5.60. The first-order valence-electron chi connectivity index (χ1n) is 8.91. The van der Waals surface area contributed by atoms with Gasteiger partial charge in [-0.1, -0.05) is 0 Å². The van der Waals surface area contributed by atoms with Crippen molar-refractivity contribution in [1.29, 1.82) is 0 Å². The van der Waals surface area contributed by atoms with Crippen molar-refractivity contribution in [2.45, 2.75) is 37.7 Å². The average Bonchev–Trinajstić information content (AvgIpc) is 2.97. The Balaban J connectivity index is 1.85. The number of pyridine rings is 1. The van der Waals surface area contributed by atoms with Crippen LogP contribution in [0, 0.1) is 19.1 Å². The zero-order valence-corrected chi connectivity index (χ0v) is 17.0. The fourth-order valence-corrected chi connectivity index (χ4v) is 4.06. The van der Waals surface area contributed by atoms with Crippen LogP contribution in [0.1, 0.15) is 28.7 Å². The van der Waals surface area contributed by atoms with Crippen LogP contribution in [-0.2, 0) is 0 Å². The highest BCUT2D eigenvalue weighted by Gasteiger charge is 2.24. The summed E-state index contributed by atoms with van der Waals surface area (Å²) in [5, 5.41) is 11.8. The highest BCUT2D eigenvalue weighted by atomic mass is 32.2. The van der Waals surface area contributed by atoms with Crippen molar-refractivity contribution in [3.05, 3.63) is 76.9 Å². The number of benzene rings is 1. The number of nitrogens with zero attached hydrogens (tertiary/aromatic N) is 2. The lowest BCUT2D eigenvalue weighted by Crippen LogP contribution is -2.29. The normalized spacial score (nSPS) is 12.2. The Bertz CT molecular complexity index is 1020. The van der Waals surface area contributed by atoms with Gasteiger partial charge in [-0.25, -0.2) is 0 Å². The van der Waals surface area contributed by atoms with Gasteiger partial charge in [-0.2, -0.15) is 13.5 Å². The largest absolute Gasteiger partial charge is 0.618 e. The molecule has 0 spiro atoms. The van der Waals surface area contributed by atoms with E-state index in [2.05, 4.69) is 4.74 Å². The standard InChI is InChI=1S/C21H20F2N2O3S/c1-13-12-18(20(26)15(3)29-19-6-4-5-11-24(19)27)14(2)25(13)16-7-9-17(10-8-16)28-21(22)23/h4-12,15,21H,1-3H3/t15-/m0/s1. The van der Waals surface area contributed by atoms with Crippen LogP contribution in [0.15, 0.2) is 59.8 Å². The van der Waals surface area contributed by atoms with Crippen LogP contribution in [0.2, 0.25) is 0 Å². The maximum Gasteiger partial charge on any atom is 0.387 e. The van der Waals surface area contributed by atoms with Gasteiger partial charge >= 0.3 is 6.61 Å². The number of halogens is 2. The lowest BCUT2D eigenvalue weighted by Gasteiger charge is -2.12. The monoisotopic (exact) mass is 418 g/mol. The summed E-state index contributed by atoms with van der Waals surface area (Å²) in [6.45, 7) is 2.59. The molecule has 2 aromatic heterocycles. The summed E-state index contributed by atoms with van der Waals surface area (Å²) in [6.07, 6.45) is 1.40. The van der Waals surface area contributed by atoms with E-state index in [0.717, 1.165) is 21.8 Å². The van der Waals surface area contributed by atoms with Gasteiger partial charge in [0.15, 0.2) is 12.0 Å². The molecule has 0 saturated heterocycles. The first-order valence-corrected chi connectivity index (χ1v) is 9.79. The topological polar surface area (TPSA) is 58.2 Å². The SMILES string of the molecule is Cc1cc(C(=O)[C@H](C)Sc2cccc[n+]2[O-])c(C)n1-c1ccc(OC(F)F)cc1. The van der Waals surface area contributed by atoms with E-state index in [9.17, 15) is 18.8 Å². The Hall–Kier alpha value is -2.87. The van der Waals surface area contributed by atoms with Gasteiger partial charge in [-0.05, 0) is 68.9 Å². The van der Waals surface area contributed by atoms with Crippen molar-refractivity contribution < 1.29 is 23.0 Å². The summed E-state index contributed by atoms with van der Waals surface area (Å²) < 4.78 is 31.7. The van der Waals surface area contributed by atoms with Crippen LogP contribution < -0.4 is 9.47 Å². The molecule has 2 heterocycles. The van der Waals surface area contributed by atoms with Gasteiger partial charge in [0.1, 0.15) is 5.75 Å². The molecule has 0 N–H and O–H groups in total. The summed E-state index contributed by atoms with van der Waals surface area (Å²) in [5.41, 5.74) is 2.87. The molecule has 5 nitrogen and oxygen atoms in total. The Morgan fingerprint density at radius 3 is 2.48 bits per heavy atom. The second kappa shape index (κ2) is 8.65. The van der Waals surface area contributed by atoms with E-state index in [4.69, 9.17) is 0 Å². The quantitative estimate of drug-likeness (QED) is 0.242. The summed E-state index contributed by atoms with van der Waals surface area (Å²) in [5.74, 6) is -0.0165. The van der Waals surface area contributed by atoms with Crippen molar-refractivity contribution in [3.63, 3.8) is 0 Å². The first-order chi connectivity index (χ1) is 13.8. The molecular weight excluding hydrogens is 398 g/mol. The minimum Gasteiger partial charge on any atom is -0.618 e. The van der Waals surface area contributed by atoms with Gasteiger partial charge in [0.25, 0.3) is 5.03 Å². The van der Waals surface area contributed by atoms with Crippen LogP contribution >= 0.6 is 11.8 Å². The van der Waals surface area contributed by atoms with E-state index in [1.807, 2.05) is 18.4 Å². The Morgan fingerprint density at radius 1 is 1.17 bits per heavy atom. The molecule has 0 aliphatic heterocycles. The maximum absolute atomic E-state index is 13.0. The van der Waals surface area contributed by atoms with Gasteiger partial charge in [0.05, 0.1) is 5.25 Å². The zero-order chi connectivity index (χ0) is 21.1. The number of alkyl halides is 2. The molecule has 0 aliphatic carbocycles. The number of hydrogen-bond donors (Lipinski definition) is 0. The number of carbonyl (C=O) groups excluding carboxylic acids is 1. The molecular formula is C21H20F2N2O3S. The van der Waals surface area contributed by atoms with Gasteiger partial charge in [-0.15, -0.1) is 0 Å². The van der Waals surface area contributed by atoms with E-state index in [1.165, 1.54) is 30.1 Å². The second-order valence-electron chi connectivity index (χ2n) is 6.48. The number of carbonyl (C=O) groups is 1. The molecule has 29 heavy (non-hydrogen) atoms. The molecule has 1 aromatic carbocycles. The van der Waals surface area contributed by atoms with Crippen LogP contribution in [-0.4, -0.2) is 22.2 Å². The van der Waals surface area contributed by atoms with Crippen molar-refractivity contribution in [1.82, 2.24) is 4.57 Å². The van der Waals surface area contributed by atoms with Crippen molar-refractivity contribution in [3.8, 4) is 11.4 Å². The molecule has 1 atom stereocenters. The van der Waals surface area contributed by atoms with Crippen LogP contribution in [0.3, 0.4) is 0 Å². The van der Waals surface area contributed by atoms with Gasteiger partial charge in [-0.3, -0.25) is 4.79 Å². The third-order valence-electron chi connectivity index (χ3n) is 4.47. The number of aryl methyl sites for hydroxylation is 1. The van der Waals surface area contributed by atoms with E-state index < -0.39 is 11.9 Å². The van der Waals surface area contributed by atoms with Crippen LogP contribution in [0.5, 0.6) is 5.75 Å². The highest BCUT2D eigenvalue weighted by molar-refractivity contribution is 8.00. The number of ketones is 1. The predicted octanol–water partition coefficient (Wildman–Crippen LogP) is 4.69.